The van der Waals surface area contributed by atoms with Crippen LogP contribution in [0, 0.1) is 11.8 Å². The Labute approximate surface area is 95.9 Å². The number of aliphatic carboxylic acids is 1. The Morgan fingerprint density at radius 2 is 2.19 bits per heavy atom. The SMILES string of the molecule is CC(C)CCC(=O)C1=CC=CCC1C(=O)O. The molecule has 0 saturated heterocycles. The maximum atomic E-state index is 11.9. The van der Waals surface area contributed by atoms with E-state index in [2.05, 4.69) is 13.8 Å². The van der Waals surface area contributed by atoms with E-state index in [0.717, 1.165) is 6.42 Å². The van der Waals surface area contributed by atoms with Gasteiger partial charge >= 0.3 is 5.97 Å². The van der Waals surface area contributed by atoms with Gasteiger partial charge < -0.3 is 5.11 Å². The van der Waals surface area contributed by atoms with E-state index in [1.165, 1.54) is 0 Å². The van der Waals surface area contributed by atoms with Crippen LogP contribution in [0.3, 0.4) is 0 Å². The second kappa shape index (κ2) is 5.64. The molecule has 1 rings (SSSR count). The Hall–Kier alpha value is -1.38. The standard InChI is InChI=1S/C13H18O3/c1-9(2)7-8-12(14)10-5-3-4-6-11(10)13(15)16/h3-5,9,11H,6-8H2,1-2H3,(H,15,16). The van der Waals surface area contributed by atoms with Crippen LogP contribution in [0.25, 0.3) is 0 Å². The largest absolute Gasteiger partial charge is 0.481 e. The van der Waals surface area contributed by atoms with Gasteiger partial charge in [0, 0.05) is 12.0 Å². The predicted molar refractivity (Wildman–Crippen MR) is 62.0 cm³/mol. The number of hydrogen-bond donors (Lipinski definition) is 1. The summed E-state index contributed by atoms with van der Waals surface area (Å²) in [5, 5.41) is 9.01. The van der Waals surface area contributed by atoms with Crippen LogP contribution in [0.15, 0.2) is 23.8 Å². The van der Waals surface area contributed by atoms with Gasteiger partial charge in [0.25, 0.3) is 0 Å². The van der Waals surface area contributed by atoms with Gasteiger partial charge in [-0.1, -0.05) is 32.1 Å². The summed E-state index contributed by atoms with van der Waals surface area (Å²) in [6.45, 7) is 4.11. The summed E-state index contributed by atoms with van der Waals surface area (Å²) in [6.07, 6.45) is 6.88. The lowest BCUT2D eigenvalue weighted by atomic mass is 9.86. The second-order valence-corrected chi connectivity index (χ2v) is 4.53. The number of ketones is 1. The van der Waals surface area contributed by atoms with E-state index in [9.17, 15) is 9.59 Å². The molecule has 0 radical (unpaired) electrons. The van der Waals surface area contributed by atoms with Gasteiger partial charge in [-0.15, -0.1) is 0 Å². The minimum Gasteiger partial charge on any atom is -0.481 e. The van der Waals surface area contributed by atoms with Gasteiger partial charge in [-0.05, 0) is 18.8 Å². The summed E-state index contributed by atoms with van der Waals surface area (Å²) in [5.74, 6) is -1.12. The first-order valence-corrected chi connectivity index (χ1v) is 5.65. The molecule has 0 heterocycles. The van der Waals surface area contributed by atoms with Gasteiger partial charge in [0.2, 0.25) is 0 Å². The van der Waals surface area contributed by atoms with Crippen molar-refractivity contribution in [3.63, 3.8) is 0 Å². The average Bonchev–Trinajstić information content (AvgIpc) is 2.25. The van der Waals surface area contributed by atoms with Gasteiger partial charge in [-0.3, -0.25) is 9.59 Å². The first-order chi connectivity index (χ1) is 7.52. The number of hydrogen-bond acceptors (Lipinski definition) is 2. The van der Waals surface area contributed by atoms with Crippen molar-refractivity contribution < 1.29 is 14.7 Å². The Bertz CT molecular complexity index is 337. The van der Waals surface area contributed by atoms with Gasteiger partial charge in [0.05, 0.1) is 5.92 Å². The molecule has 1 atom stereocenters. The molecule has 0 aromatic carbocycles. The number of carbonyl (C=O) groups excluding carboxylic acids is 1. The highest BCUT2D eigenvalue weighted by Gasteiger charge is 2.27. The molecule has 0 saturated carbocycles. The third-order valence-corrected chi connectivity index (χ3v) is 2.73. The Morgan fingerprint density at radius 1 is 1.50 bits per heavy atom. The number of carbonyl (C=O) groups is 2. The summed E-state index contributed by atoms with van der Waals surface area (Å²) >= 11 is 0. The number of carboxylic acid groups (broad SMARTS) is 1. The molecule has 0 spiro atoms. The van der Waals surface area contributed by atoms with Crippen LogP contribution < -0.4 is 0 Å². The van der Waals surface area contributed by atoms with Crippen LogP contribution in [-0.4, -0.2) is 16.9 Å². The average molecular weight is 222 g/mol. The molecule has 1 aliphatic rings. The summed E-state index contributed by atoms with van der Waals surface area (Å²) in [7, 11) is 0. The topological polar surface area (TPSA) is 54.4 Å². The van der Waals surface area contributed by atoms with Crippen LogP contribution in [0.1, 0.15) is 33.1 Å². The van der Waals surface area contributed by atoms with Crippen molar-refractivity contribution in [1.82, 2.24) is 0 Å². The quantitative estimate of drug-likeness (QED) is 0.777. The van der Waals surface area contributed by atoms with Crippen molar-refractivity contribution in [3.8, 4) is 0 Å². The molecule has 1 unspecified atom stereocenters. The molecule has 0 aromatic rings. The summed E-state index contributed by atoms with van der Waals surface area (Å²) in [5.41, 5.74) is 0.454. The highest BCUT2D eigenvalue weighted by Crippen LogP contribution is 2.23. The minimum absolute atomic E-state index is 0.0227. The van der Waals surface area contributed by atoms with Crippen molar-refractivity contribution in [2.45, 2.75) is 33.1 Å². The Kier molecular flexibility index (Phi) is 4.47. The first kappa shape index (κ1) is 12.7. The summed E-state index contributed by atoms with van der Waals surface area (Å²) < 4.78 is 0. The van der Waals surface area contributed by atoms with E-state index in [4.69, 9.17) is 5.11 Å². The van der Waals surface area contributed by atoms with Crippen LogP contribution in [0.2, 0.25) is 0 Å². The first-order valence-electron chi connectivity index (χ1n) is 5.65. The smallest absolute Gasteiger partial charge is 0.311 e. The molecule has 0 fully saturated rings. The predicted octanol–water partition coefficient (Wildman–Crippen LogP) is 2.58. The Balaban J connectivity index is 2.68. The van der Waals surface area contributed by atoms with Gasteiger partial charge in [0.15, 0.2) is 5.78 Å². The molecule has 88 valence electrons. The molecule has 0 aliphatic heterocycles. The van der Waals surface area contributed by atoms with Crippen LogP contribution >= 0.6 is 0 Å². The molecule has 0 bridgehead atoms. The lowest BCUT2D eigenvalue weighted by Gasteiger charge is -2.16. The third kappa shape index (κ3) is 3.33. The molecule has 0 aromatic heterocycles. The van der Waals surface area contributed by atoms with Crippen molar-refractivity contribution in [2.75, 3.05) is 0 Å². The number of Topliss-reactive ketones (excluding diaryl/α,β-unsaturated/α-hetero) is 1. The van der Waals surface area contributed by atoms with E-state index in [1.807, 2.05) is 0 Å². The maximum Gasteiger partial charge on any atom is 0.311 e. The fraction of sp³-hybridized carbons (Fsp3) is 0.538. The monoisotopic (exact) mass is 222 g/mol. The zero-order chi connectivity index (χ0) is 12.1. The van der Waals surface area contributed by atoms with Gasteiger partial charge in [-0.25, -0.2) is 0 Å². The number of carboxylic acids is 1. The van der Waals surface area contributed by atoms with E-state index >= 15 is 0 Å². The molecule has 1 N–H and O–H groups in total. The molecule has 3 heteroatoms. The summed E-state index contributed by atoms with van der Waals surface area (Å²) in [4.78, 5) is 22.8. The van der Waals surface area contributed by atoms with Crippen molar-refractivity contribution in [1.29, 1.82) is 0 Å². The van der Waals surface area contributed by atoms with E-state index in [1.54, 1.807) is 18.2 Å². The molecule has 1 aliphatic carbocycles. The lowest BCUT2D eigenvalue weighted by Crippen LogP contribution is -2.22. The van der Waals surface area contributed by atoms with Gasteiger partial charge in [0.1, 0.15) is 0 Å². The Morgan fingerprint density at radius 3 is 2.75 bits per heavy atom. The zero-order valence-electron chi connectivity index (χ0n) is 9.77. The molecule has 3 nitrogen and oxygen atoms in total. The zero-order valence-corrected chi connectivity index (χ0v) is 9.77. The van der Waals surface area contributed by atoms with E-state index in [0.29, 0.717) is 24.3 Å². The van der Waals surface area contributed by atoms with Crippen molar-refractivity contribution >= 4 is 11.8 Å². The van der Waals surface area contributed by atoms with E-state index < -0.39 is 11.9 Å². The lowest BCUT2D eigenvalue weighted by molar-refractivity contribution is -0.141. The van der Waals surface area contributed by atoms with Crippen LogP contribution in [0.4, 0.5) is 0 Å². The maximum absolute atomic E-state index is 11.9. The molecule has 16 heavy (non-hydrogen) atoms. The summed E-state index contributed by atoms with van der Waals surface area (Å²) in [6, 6.07) is 0. The third-order valence-electron chi connectivity index (χ3n) is 2.73. The fourth-order valence-electron chi connectivity index (χ4n) is 1.71. The van der Waals surface area contributed by atoms with Crippen LogP contribution in [0.5, 0.6) is 0 Å². The highest BCUT2D eigenvalue weighted by molar-refractivity contribution is 6.00. The molecule has 0 amide bonds. The normalized spacial score (nSPS) is 19.7. The van der Waals surface area contributed by atoms with E-state index in [-0.39, 0.29) is 5.78 Å². The van der Waals surface area contributed by atoms with Crippen LogP contribution in [-0.2, 0) is 9.59 Å². The molecular formula is C13H18O3. The number of rotatable bonds is 5. The van der Waals surface area contributed by atoms with Crippen molar-refractivity contribution in [3.05, 3.63) is 23.8 Å². The van der Waals surface area contributed by atoms with Crippen molar-refractivity contribution in [2.24, 2.45) is 11.8 Å². The minimum atomic E-state index is -0.909. The second-order valence-electron chi connectivity index (χ2n) is 4.53. The highest BCUT2D eigenvalue weighted by atomic mass is 16.4. The number of allylic oxidation sites excluding steroid dienone is 3. The van der Waals surface area contributed by atoms with Gasteiger partial charge in [-0.2, -0.15) is 0 Å². The molecular weight excluding hydrogens is 204 g/mol. The fourth-order valence-corrected chi connectivity index (χ4v) is 1.71.